The van der Waals surface area contributed by atoms with Gasteiger partial charge in [-0.25, -0.2) is 0 Å². The number of rotatable bonds is 4. The Bertz CT molecular complexity index is 1090. The van der Waals surface area contributed by atoms with Crippen molar-refractivity contribution in [3.05, 3.63) is 68.5 Å². The van der Waals surface area contributed by atoms with Gasteiger partial charge in [-0.3, -0.25) is 14.5 Å². The molecule has 2 heterocycles. The Hall–Kier alpha value is -2.05. The highest BCUT2D eigenvalue weighted by molar-refractivity contribution is 9.10. The minimum absolute atomic E-state index is 0.0950. The average molecular weight is 514 g/mol. The lowest BCUT2D eigenvalue weighted by atomic mass is 9.79. The molecular weight excluding hydrogens is 484 g/mol. The van der Waals surface area contributed by atoms with Gasteiger partial charge >= 0.3 is 0 Å². The van der Waals surface area contributed by atoms with Gasteiger partial charge in [0, 0.05) is 21.7 Å². The number of halogens is 1. The molecule has 4 rings (SSSR count). The van der Waals surface area contributed by atoms with Crippen LogP contribution in [0.15, 0.2) is 51.8 Å². The summed E-state index contributed by atoms with van der Waals surface area (Å²) in [4.78, 5) is 29.8. The molecule has 168 valence electrons. The molecule has 1 unspecified atom stereocenters. The van der Waals surface area contributed by atoms with Gasteiger partial charge in [0.1, 0.15) is 0 Å². The maximum atomic E-state index is 13.0. The van der Waals surface area contributed by atoms with Gasteiger partial charge in [-0.1, -0.05) is 41.1 Å². The van der Waals surface area contributed by atoms with Gasteiger partial charge in [0.25, 0.3) is 11.1 Å². The van der Waals surface area contributed by atoms with Crippen LogP contribution >= 0.6 is 27.7 Å². The Morgan fingerprint density at radius 2 is 1.84 bits per heavy atom. The number of nitrogens with zero attached hydrogens (tertiary/aromatic N) is 2. The van der Waals surface area contributed by atoms with Crippen LogP contribution in [-0.2, 0) is 11.3 Å². The van der Waals surface area contributed by atoms with E-state index in [1.165, 1.54) is 16.2 Å². The summed E-state index contributed by atoms with van der Waals surface area (Å²) in [5.41, 5.74) is 4.56. The molecule has 0 saturated carbocycles. The molecule has 0 aliphatic carbocycles. The van der Waals surface area contributed by atoms with Crippen LogP contribution in [0.3, 0.4) is 0 Å². The minimum Gasteiger partial charge on any atom is -0.364 e. The molecule has 2 aliphatic heterocycles. The molecule has 0 radical (unpaired) electrons. The van der Waals surface area contributed by atoms with Crippen LogP contribution in [0.4, 0.5) is 10.5 Å². The average Bonchev–Trinajstić information content (AvgIpc) is 2.96. The summed E-state index contributed by atoms with van der Waals surface area (Å²) >= 11 is 4.43. The van der Waals surface area contributed by atoms with Crippen molar-refractivity contribution in [2.24, 2.45) is 0 Å². The summed E-state index contributed by atoms with van der Waals surface area (Å²) in [6.07, 6.45) is 2.93. The van der Waals surface area contributed by atoms with E-state index in [0.29, 0.717) is 16.9 Å². The largest absolute Gasteiger partial charge is 0.364 e. The second kappa shape index (κ2) is 8.71. The Morgan fingerprint density at radius 3 is 2.50 bits per heavy atom. The highest BCUT2D eigenvalue weighted by Crippen LogP contribution is 2.45. The Morgan fingerprint density at radius 1 is 1.16 bits per heavy atom. The van der Waals surface area contributed by atoms with Crippen LogP contribution in [0.5, 0.6) is 0 Å². The van der Waals surface area contributed by atoms with E-state index < -0.39 is 0 Å². The molecule has 2 aromatic carbocycles. The number of imide groups is 1. The van der Waals surface area contributed by atoms with E-state index in [4.69, 9.17) is 0 Å². The molecule has 0 spiro atoms. The second-order valence-electron chi connectivity index (χ2n) is 9.59. The van der Waals surface area contributed by atoms with Crippen molar-refractivity contribution in [2.45, 2.75) is 65.1 Å². The third-order valence-electron chi connectivity index (χ3n) is 6.24. The van der Waals surface area contributed by atoms with E-state index in [-0.39, 0.29) is 23.2 Å². The van der Waals surface area contributed by atoms with Gasteiger partial charge in [0.2, 0.25) is 0 Å². The van der Waals surface area contributed by atoms with Crippen LogP contribution in [0.2, 0.25) is 0 Å². The van der Waals surface area contributed by atoms with E-state index in [2.05, 4.69) is 73.6 Å². The summed E-state index contributed by atoms with van der Waals surface area (Å²) < 4.78 is 0.969. The molecule has 2 amide bonds. The summed E-state index contributed by atoms with van der Waals surface area (Å²) in [5, 5.41) is -0.219. The highest BCUT2D eigenvalue weighted by atomic mass is 79.9. The van der Waals surface area contributed by atoms with E-state index in [1.54, 1.807) is 0 Å². The monoisotopic (exact) mass is 512 g/mol. The standard InChI is InChI=1S/C26H29BrN2O2S/c1-16(2)29-22-11-8-19(12-21(22)17(3)14-26(29,4)5)13-23-24(30)28(25(31)32-23)15-18-6-9-20(27)10-7-18/h6-13,16-17H,14-15H2,1-5H3/b23-13-. The van der Waals surface area contributed by atoms with Crippen LogP contribution in [0.25, 0.3) is 6.08 Å². The predicted molar refractivity (Wildman–Crippen MR) is 137 cm³/mol. The van der Waals surface area contributed by atoms with Gasteiger partial charge in [0.05, 0.1) is 11.4 Å². The Kier molecular flexibility index (Phi) is 6.29. The number of carbonyl (C=O) groups is 2. The summed E-state index contributed by atoms with van der Waals surface area (Å²) in [6.45, 7) is 11.6. The number of carbonyl (C=O) groups excluding carboxylic acids is 2. The molecule has 4 nitrogen and oxygen atoms in total. The normalized spacial score (nSPS) is 21.6. The summed E-state index contributed by atoms with van der Waals surface area (Å²) in [5.74, 6) is 0.203. The predicted octanol–water partition coefficient (Wildman–Crippen LogP) is 7.19. The fourth-order valence-electron chi connectivity index (χ4n) is 5.10. The first-order chi connectivity index (χ1) is 15.1. The van der Waals surface area contributed by atoms with Crippen molar-refractivity contribution < 1.29 is 9.59 Å². The zero-order valence-electron chi connectivity index (χ0n) is 19.2. The molecular formula is C26H29BrN2O2S. The first kappa shape index (κ1) is 23.1. The van der Waals surface area contributed by atoms with E-state index in [9.17, 15) is 9.59 Å². The van der Waals surface area contributed by atoms with Gasteiger partial charge in [-0.15, -0.1) is 0 Å². The van der Waals surface area contributed by atoms with Crippen molar-refractivity contribution in [3.63, 3.8) is 0 Å². The highest BCUT2D eigenvalue weighted by Gasteiger charge is 2.38. The molecule has 0 aromatic heterocycles. The number of hydrogen-bond acceptors (Lipinski definition) is 4. The number of thioether (sulfide) groups is 1. The molecule has 0 N–H and O–H groups in total. The van der Waals surface area contributed by atoms with Gasteiger partial charge in [-0.05, 0) is 98.8 Å². The number of amides is 2. The molecule has 1 saturated heterocycles. The fraction of sp³-hybridized carbons (Fsp3) is 0.385. The lowest BCUT2D eigenvalue weighted by Crippen LogP contribution is -2.51. The number of anilines is 1. The first-order valence-corrected chi connectivity index (χ1v) is 12.6. The Balaban J connectivity index is 1.61. The van der Waals surface area contributed by atoms with E-state index in [0.717, 1.165) is 33.8 Å². The smallest absolute Gasteiger partial charge is 0.293 e. The van der Waals surface area contributed by atoms with Crippen LogP contribution < -0.4 is 4.90 Å². The Labute approximate surface area is 203 Å². The van der Waals surface area contributed by atoms with Crippen LogP contribution in [0, 0.1) is 0 Å². The molecule has 2 aliphatic rings. The summed E-state index contributed by atoms with van der Waals surface area (Å²) in [6, 6.07) is 14.5. The first-order valence-electron chi connectivity index (χ1n) is 11.0. The molecule has 0 bridgehead atoms. The van der Waals surface area contributed by atoms with E-state index >= 15 is 0 Å². The van der Waals surface area contributed by atoms with Crippen molar-refractivity contribution in [1.29, 1.82) is 0 Å². The second-order valence-corrected chi connectivity index (χ2v) is 11.5. The van der Waals surface area contributed by atoms with Crippen molar-refractivity contribution in [1.82, 2.24) is 4.90 Å². The SMILES string of the molecule is CC1CC(C)(C)N(C(C)C)c2ccc(/C=C3\SC(=O)N(Cc4ccc(Br)cc4)C3=O)cc21. The third kappa shape index (κ3) is 4.40. The lowest BCUT2D eigenvalue weighted by molar-refractivity contribution is -0.123. The molecule has 1 atom stereocenters. The molecule has 2 aromatic rings. The van der Waals surface area contributed by atoms with Crippen molar-refractivity contribution >= 4 is 50.6 Å². The lowest BCUT2D eigenvalue weighted by Gasteiger charge is -2.50. The number of hydrogen-bond donors (Lipinski definition) is 0. The zero-order chi connectivity index (χ0) is 23.2. The van der Waals surface area contributed by atoms with E-state index in [1.807, 2.05) is 30.3 Å². The zero-order valence-corrected chi connectivity index (χ0v) is 21.6. The van der Waals surface area contributed by atoms with Gasteiger partial charge in [0.15, 0.2) is 0 Å². The van der Waals surface area contributed by atoms with Gasteiger partial charge in [-0.2, -0.15) is 0 Å². The number of benzene rings is 2. The maximum Gasteiger partial charge on any atom is 0.293 e. The molecule has 1 fully saturated rings. The maximum absolute atomic E-state index is 13.0. The van der Waals surface area contributed by atoms with Crippen LogP contribution in [0.1, 0.15) is 63.6 Å². The van der Waals surface area contributed by atoms with Crippen molar-refractivity contribution in [3.8, 4) is 0 Å². The molecule has 32 heavy (non-hydrogen) atoms. The quantitative estimate of drug-likeness (QED) is 0.406. The molecule has 6 heteroatoms. The van der Waals surface area contributed by atoms with Gasteiger partial charge < -0.3 is 4.90 Å². The topological polar surface area (TPSA) is 40.6 Å². The minimum atomic E-state index is -0.223. The van der Waals surface area contributed by atoms with Crippen LogP contribution in [-0.4, -0.2) is 27.6 Å². The summed E-state index contributed by atoms with van der Waals surface area (Å²) in [7, 11) is 0. The fourth-order valence-corrected chi connectivity index (χ4v) is 6.20. The van der Waals surface area contributed by atoms with Crippen molar-refractivity contribution in [2.75, 3.05) is 4.90 Å². The third-order valence-corrected chi connectivity index (χ3v) is 7.68. The number of fused-ring (bicyclic) bond motifs is 1.